The Labute approximate surface area is 244 Å². The lowest BCUT2D eigenvalue weighted by molar-refractivity contribution is -0.111. The van der Waals surface area contributed by atoms with Gasteiger partial charge in [-0.15, -0.1) is 0 Å². The van der Waals surface area contributed by atoms with E-state index >= 15 is 0 Å². The van der Waals surface area contributed by atoms with Crippen molar-refractivity contribution < 1.29 is 14.3 Å². The number of carbonyl (C=O) groups excluding carboxylic acids is 1. The molecule has 0 unspecified atom stereocenters. The van der Waals surface area contributed by atoms with E-state index in [9.17, 15) is 4.79 Å². The maximum Gasteiger partial charge on any atom is 0.247 e. The normalized spacial score (nSPS) is 15.1. The van der Waals surface area contributed by atoms with Gasteiger partial charge >= 0.3 is 0 Å². The molecule has 6 rings (SSSR count). The minimum atomic E-state index is -0.305. The largest absolute Gasteiger partial charge is 0.494 e. The first-order chi connectivity index (χ1) is 20.6. The van der Waals surface area contributed by atoms with Gasteiger partial charge in [-0.2, -0.15) is 10.1 Å². The minimum absolute atomic E-state index is 0.305. The van der Waals surface area contributed by atoms with E-state index in [2.05, 4.69) is 44.1 Å². The number of nitrogens with one attached hydrogen (secondary N) is 2. The summed E-state index contributed by atoms with van der Waals surface area (Å²) in [5, 5.41) is 11.1. The van der Waals surface area contributed by atoms with Crippen molar-refractivity contribution >= 4 is 28.9 Å². The number of amides is 1. The van der Waals surface area contributed by atoms with Crippen LogP contribution in [-0.4, -0.2) is 77.1 Å². The predicted octanol–water partition coefficient (Wildman–Crippen LogP) is 4.25. The Morgan fingerprint density at radius 1 is 1.10 bits per heavy atom. The van der Waals surface area contributed by atoms with Gasteiger partial charge < -0.3 is 25.0 Å². The molecule has 0 aliphatic carbocycles. The second kappa shape index (κ2) is 12.4. The van der Waals surface area contributed by atoms with Crippen molar-refractivity contribution in [1.82, 2.24) is 24.6 Å². The highest BCUT2D eigenvalue weighted by atomic mass is 16.5. The molecule has 216 valence electrons. The number of methoxy groups -OCH3 is 1. The highest BCUT2D eigenvalue weighted by Crippen LogP contribution is 2.38. The number of hydrogen-bond acceptors (Lipinski definition) is 9. The van der Waals surface area contributed by atoms with Crippen LogP contribution in [0, 0.1) is 0 Å². The van der Waals surface area contributed by atoms with Crippen LogP contribution in [0.1, 0.15) is 12.0 Å². The first-order valence-corrected chi connectivity index (χ1v) is 14.1. The van der Waals surface area contributed by atoms with E-state index in [-0.39, 0.29) is 5.91 Å². The van der Waals surface area contributed by atoms with Crippen molar-refractivity contribution in [1.29, 1.82) is 0 Å². The summed E-state index contributed by atoms with van der Waals surface area (Å²) in [4.78, 5) is 26.1. The third kappa shape index (κ3) is 5.97. The lowest BCUT2D eigenvalue weighted by atomic mass is 10.1. The van der Waals surface area contributed by atoms with Gasteiger partial charge in [0.05, 0.1) is 43.1 Å². The zero-order valence-electron chi connectivity index (χ0n) is 23.6. The maximum atomic E-state index is 12.3. The average molecular weight is 567 g/mol. The summed E-state index contributed by atoms with van der Waals surface area (Å²) in [7, 11) is 1.61. The number of rotatable bonds is 10. The molecule has 2 aliphatic heterocycles. The van der Waals surface area contributed by atoms with Gasteiger partial charge in [0, 0.05) is 55.3 Å². The van der Waals surface area contributed by atoms with Crippen molar-refractivity contribution in [2.75, 3.05) is 62.0 Å². The minimum Gasteiger partial charge on any atom is -0.494 e. The van der Waals surface area contributed by atoms with E-state index in [1.54, 1.807) is 18.0 Å². The summed E-state index contributed by atoms with van der Waals surface area (Å²) in [5.41, 5.74) is 5.23. The van der Waals surface area contributed by atoms with Gasteiger partial charge in [-0.25, -0.2) is 9.67 Å². The van der Waals surface area contributed by atoms with Crippen LogP contribution in [0.25, 0.3) is 17.1 Å². The molecule has 11 nitrogen and oxygen atoms in total. The van der Waals surface area contributed by atoms with Crippen LogP contribution >= 0.6 is 0 Å². The van der Waals surface area contributed by atoms with Crippen LogP contribution in [0.5, 0.6) is 5.75 Å². The molecule has 2 fully saturated rings. The third-order valence-electron chi connectivity index (χ3n) is 7.41. The summed E-state index contributed by atoms with van der Waals surface area (Å²) in [6.07, 6.45) is 6.22. The van der Waals surface area contributed by atoms with Gasteiger partial charge in [-0.05, 0) is 31.7 Å². The fourth-order valence-electron chi connectivity index (χ4n) is 5.11. The summed E-state index contributed by atoms with van der Waals surface area (Å²) in [6.45, 7) is 9.25. The van der Waals surface area contributed by atoms with E-state index < -0.39 is 0 Å². The molecule has 0 spiro atoms. The van der Waals surface area contributed by atoms with E-state index in [1.165, 1.54) is 12.5 Å². The van der Waals surface area contributed by atoms with E-state index in [0.29, 0.717) is 55.2 Å². The fraction of sp³-hybridized carbons (Fsp3) is 0.290. The Morgan fingerprint density at radius 2 is 1.90 bits per heavy atom. The molecule has 4 aromatic rings. The Bertz CT molecular complexity index is 1560. The Morgan fingerprint density at radius 3 is 2.62 bits per heavy atom. The Balaban J connectivity index is 1.32. The van der Waals surface area contributed by atoms with E-state index in [0.717, 1.165) is 42.1 Å². The number of likely N-dealkylation sites (tertiary alicyclic amines) is 1. The monoisotopic (exact) mass is 566 g/mol. The van der Waals surface area contributed by atoms with Crippen molar-refractivity contribution in [2.24, 2.45) is 0 Å². The number of morpholine rings is 1. The standard InChI is InChI=1S/C31H34N8O3/c1-3-29(40)33-24-18-25(27(41-2)19-26(24)38-14-16-42-17-15-38)34-31-32-11-10-28(35-31)39-21-23(20-37-12-7-13-37)30(36-39)22-8-5-4-6-9-22/h3-6,8-11,18-19,21H,1,7,12-17,20H2,2H3,(H,33,40)(H,32,34,35). The molecule has 2 N–H and O–H groups in total. The third-order valence-corrected chi connectivity index (χ3v) is 7.41. The van der Waals surface area contributed by atoms with Gasteiger partial charge in [0.2, 0.25) is 11.9 Å². The van der Waals surface area contributed by atoms with Crippen molar-refractivity contribution in [3.63, 3.8) is 0 Å². The number of nitrogens with zero attached hydrogens (tertiary/aromatic N) is 6. The smallest absolute Gasteiger partial charge is 0.247 e. The fourth-order valence-corrected chi connectivity index (χ4v) is 5.11. The molecule has 0 atom stereocenters. The highest BCUT2D eigenvalue weighted by molar-refractivity contribution is 6.02. The maximum absolute atomic E-state index is 12.3. The molecular weight excluding hydrogens is 532 g/mol. The molecule has 42 heavy (non-hydrogen) atoms. The van der Waals surface area contributed by atoms with Crippen molar-refractivity contribution in [2.45, 2.75) is 13.0 Å². The second-order valence-electron chi connectivity index (χ2n) is 10.2. The zero-order chi connectivity index (χ0) is 28.9. The molecule has 11 heteroatoms. The number of hydrogen-bond donors (Lipinski definition) is 2. The summed E-state index contributed by atoms with van der Waals surface area (Å²) >= 11 is 0. The molecule has 2 aromatic carbocycles. The molecule has 2 aromatic heterocycles. The van der Waals surface area contributed by atoms with Crippen LogP contribution in [0.3, 0.4) is 0 Å². The number of anilines is 4. The Kier molecular flexibility index (Phi) is 8.11. The predicted molar refractivity (Wildman–Crippen MR) is 163 cm³/mol. The molecule has 0 radical (unpaired) electrons. The van der Waals surface area contributed by atoms with Crippen LogP contribution in [0.2, 0.25) is 0 Å². The molecule has 0 saturated carbocycles. The quantitative estimate of drug-likeness (QED) is 0.272. The highest BCUT2D eigenvalue weighted by Gasteiger charge is 2.21. The van der Waals surface area contributed by atoms with Gasteiger partial charge in [-0.3, -0.25) is 9.69 Å². The van der Waals surface area contributed by atoms with Gasteiger partial charge in [-0.1, -0.05) is 36.9 Å². The van der Waals surface area contributed by atoms with Crippen LogP contribution in [0.4, 0.5) is 23.0 Å². The number of ether oxygens (including phenoxy) is 2. The molecule has 2 aliphatic rings. The Hall–Kier alpha value is -4.74. The second-order valence-corrected chi connectivity index (χ2v) is 10.2. The van der Waals surface area contributed by atoms with E-state index in [1.807, 2.05) is 42.6 Å². The molecule has 1 amide bonds. The summed E-state index contributed by atoms with van der Waals surface area (Å²) < 4.78 is 13.1. The van der Waals surface area contributed by atoms with Crippen molar-refractivity contribution in [3.8, 4) is 22.8 Å². The summed E-state index contributed by atoms with van der Waals surface area (Å²) in [5.74, 6) is 1.28. The van der Waals surface area contributed by atoms with Gasteiger partial charge in [0.25, 0.3) is 0 Å². The lowest BCUT2D eigenvalue weighted by Crippen LogP contribution is -2.36. The van der Waals surface area contributed by atoms with Gasteiger partial charge in [0.15, 0.2) is 5.82 Å². The van der Waals surface area contributed by atoms with E-state index in [4.69, 9.17) is 19.6 Å². The molecular formula is C31H34N8O3. The van der Waals surface area contributed by atoms with Gasteiger partial charge in [0.1, 0.15) is 5.75 Å². The number of benzene rings is 2. The molecule has 2 saturated heterocycles. The SMILES string of the molecule is C=CC(=O)Nc1cc(Nc2nccc(-n3cc(CN4CCC4)c(-c4ccccc4)n3)n2)c(OC)cc1N1CCOCC1. The topological polar surface area (TPSA) is 110 Å². The number of aromatic nitrogens is 4. The lowest BCUT2D eigenvalue weighted by Gasteiger charge is -2.31. The molecule has 0 bridgehead atoms. The average Bonchev–Trinajstić information content (AvgIpc) is 3.44. The zero-order valence-corrected chi connectivity index (χ0v) is 23.6. The van der Waals surface area contributed by atoms with Crippen LogP contribution in [0.15, 0.2) is 73.6 Å². The van der Waals surface area contributed by atoms with Crippen LogP contribution < -0.4 is 20.3 Å². The first-order valence-electron chi connectivity index (χ1n) is 14.1. The number of carbonyl (C=O) groups is 1. The summed E-state index contributed by atoms with van der Waals surface area (Å²) in [6, 6.07) is 15.8. The van der Waals surface area contributed by atoms with Crippen LogP contribution in [-0.2, 0) is 16.1 Å². The first kappa shape index (κ1) is 27.4. The van der Waals surface area contributed by atoms with Crippen molar-refractivity contribution in [3.05, 3.63) is 79.1 Å². The molecule has 4 heterocycles.